The summed E-state index contributed by atoms with van der Waals surface area (Å²) in [5, 5.41) is 4.28. The van der Waals surface area contributed by atoms with E-state index in [-0.39, 0.29) is 0 Å². The molecule has 0 spiro atoms. The van der Waals surface area contributed by atoms with E-state index in [1.807, 2.05) is 0 Å². The number of para-hydroxylation sites is 4. The van der Waals surface area contributed by atoms with Crippen LogP contribution in [0.25, 0.3) is 66.1 Å². The topological polar surface area (TPSA) is 32.8 Å². The van der Waals surface area contributed by atoms with Crippen molar-refractivity contribution < 1.29 is 8.83 Å². The fourth-order valence-corrected chi connectivity index (χ4v) is 12.2. The number of aryl methyl sites for hydroxylation is 5. The molecule has 0 saturated carbocycles. The van der Waals surface area contributed by atoms with Crippen LogP contribution in [0.5, 0.6) is 0 Å². The Hall–Kier alpha value is -8.60. The van der Waals surface area contributed by atoms with Crippen molar-refractivity contribution in [2.45, 2.75) is 40.0 Å². The van der Waals surface area contributed by atoms with Crippen LogP contribution in [-0.4, -0.2) is 0 Å². The maximum absolute atomic E-state index is 7.51. The highest BCUT2D eigenvalue weighted by atomic mass is 16.3. The molecule has 1 atom stereocenters. The van der Waals surface area contributed by atoms with Crippen LogP contribution >= 0.6 is 0 Å². The Labute approximate surface area is 407 Å². The van der Waals surface area contributed by atoms with E-state index in [4.69, 9.17) is 8.83 Å². The van der Waals surface area contributed by atoms with Crippen LogP contribution in [0.2, 0.25) is 0 Å². The molecule has 10 aromatic carbocycles. The van der Waals surface area contributed by atoms with Gasteiger partial charge in [-0.3, -0.25) is 0 Å². The fourth-order valence-electron chi connectivity index (χ4n) is 12.2. The second kappa shape index (κ2) is 14.9. The van der Waals surface area contributed by atoms with E-state index in [9.17, 15) is 0 Å². The summed E-state index contributed by atoms with van der Waals surface area (Å²) in [6.07, 6.45) is 0. The molecule has 0 N–H and O–H groups in total. The van der Waals surface area contributed by atoms with E-state index in [1.54, 1.807) is 0 Å². The number of fused-ring (bicyclic) bond motifs is 11. The molecule has 0 radical (unpaired) electrons. The Morgan fingerprint density at radius 1 is 0.386 bits per heavy atom. The van der Waals surface area contributed by atoms with Crippen LogP contribution in [0.1, 0.15) is 50.1 Å². The Balaban J connectivity index is 1.28. The maximum Gasteiger partial charge on any atom is 0.160 e. The first kappa shape index (κ1) is 40.5. The van der Waals surface area contributed by atoms with Gasteiger partial charge >= 0.3 is 0 Å². The number of hydrogen-bond acceptors (Lipinski definition) is 4. The first-order chi connectivity index (χ1) is 34.3. The lowest BCUT2D eigenvalue weighted by Crippen LogP contribution is -2.29. The Kier molecular flexibility index (Phi) is 8.64. The summed E-state index contributed by atoms with van der Waals surface area (Å²) in [6, 6.07) is 73.9. The average Bonchev–Trinajstić information content (AvgIpc) is 4.06. The number of rotatable bonds is 5. The molecule has 2 aliphatic rings. The number of hydrogen-bond donors (Lipinski definition) is 0. The number of furan rings is 2. The minimum Gasteiger partial charge on any atom is -0.455 e. The van der Waals surface area contributed by atoms with E-state index >= 15 is 0 Å². The van der Waals surface area contributed by atoms with Crippen LogP contribution in [0.3, 0.4) is 0 Å². The molecule has 1 unspecified atom stereocenters. The Bertz CT molecular complexity index is 4160. The second-order valence-electron chi connectivity index (χ2n) is 19.5. The molecule has 4 nitrogen and oxygen atoms in total. The van der Waals surface area contributed by atoms with E-state index in [0.717, 1.165) is 106 Å². The van der Waals surface area contributed by atoms with Crippen molar-refractivity contribution in [3.05, 3.63) is 250 Å². The molecular weight excluding hydrogens is 853 g/mol. The van der Waals surface area contributed by atoms with Gasteiger partial charge in [0.15, 0.2) is 5.58 Å². The third-order valence-corrected chi connectivity index (χ3v) is 15.3. The fraction of sp³-hybridized carbons (Fsp3) is 0.0909. The van der Waals surface area contributed by atoms with E-state index in [1.165, 1.54) is 44.5 Å². The molecule has 3 heterocycles. The number of nitrogens with zero attached hydrogens (tertiary/aromatic N) is 2. The summed E-state index contributed by atoms with van der Waals surface area (Å²) >= 11 is 0. The zero-order chi connectivity index (χ0) is 47.0. The van der Waals surface area contributed by atoms with Crippen molar-refractivity contribution in [1.82, 2.24) is 0 Å². The van der Waals surface area contributed by atoms with Gasteiger partial charge in [0.05, 0.1) is 27.9 Å². The molecule has 4 heteroatoms. The molecule has 334 valence electrons. The third kappa shape index (κ3) is 5.47. The maximum atomic E-state index is 7.51. The van der Waals surface area contributed by atoms with Gasteiger partial charge in [-0.25, -0.2) is 0 Å². The van der Waals surface area contributed by atoms with Crippen LogP contribution in [0.15, 0.2) is 209 Å². The predicted octanol–water partition coefficient (Wildman–Crippen LogP) is 18.3. The molecule has 70 heavy (non-hydrogen) atoms. The molecule has 1 aliphatic heterocycles. The largest absolute Gasteiger partial charge is 0.455 e. The lowest BCUT2D eigenvalue weighted by molar-refractivity contribution is 0.668. The van der Waals surface area contributed by atoms with Gasteiger partial charge in [0.25, 0.3) is 0 Å². The summed E-state index contributed by atoms with van der Waals surface area (Å²) < 4.78 is 14.8. The first-order valence-corrected chi connectivity index (χ1v) is 24.3. The molecule has 4 bridgehead atoms. The van der Waals surface area contributed by atoms with Gasteiger partial charge in [-0.2, -0.15) is 0 Å². The third-order valence-electron chi connectivity index (χ3n) is 15.3. The van der Waals surface area contributed by atoms with E-state index < -0.39 is 5.41 Å². The monoisotopic (exact) mass is 900 g/mol. The van der Waals surface area contributed by atoms with Gasteiger partial charge in [0.2, 0.25) is 0 Å². The molecule has 14 rings (SSSR count). The zero-order valence-electron chi connectivity index (χ0n) is 39.8. The van der Waals surface area contributed by atoms with Crippen molar-refractivity contribution in [3.63, 3.8) is 0 Å². The minimum atomic E-state index is -0.866. The summed E-state index contributed by atoms with van der Waals surface area (Å²) in [6.45, 7) is 11.1. The molecule has 0 saturated heterocycles. The van der Waals surface area contributed by atoms with Crippen LogP contribution < -0.4 is 9.80 Å². The highest BCUT2D eigenvalue weighted by Gasteiger charge is 2.52. The van der Waals surface area contributed by atoms with Gasteiger partial charge < -0.3 is 18.6 Å². The number of anilines is 6. The Morgan fingerprint density at radius 3 is 1.77 bits per heavy atom. The van der Waals surface area contributed by atoms with Gasteiger partial charge in [0, 0.05) is 49.9 Å². The highest BCUT2D eigenvalue weighted by molar-refractivity contribution is 6.26. The normalized spacial score (nSPS) is 14.7. The summed E-state index contributed by atoms with van der Waals surface area (Å²) in [7, 11) is 0. The lowest BCUT2D eigenvalue weighted by Gasteiger charge is -2.36. The zero-order valence-corrected chi connectivity index (χ0v) is 39.8. The number of benzene rings is 10. The highest BCUT2D eigenvalue weighted by Crippen LogP contribution is 2.66. The smallest absolute Gasteiger partial charge is 0.160 e. The SMILES string of the molecule is Cc1ccc(C)c(N2c3ccccc3-c3ccccc3C3(c4ccccc4)c4cc(N(c5ccccc5C)c5cc(C)ccc5C)c5c(oc6ccccc65)c4-c4c3cc2c2oc3ccccc3c42)c1. The van der Waals surface area contributed by atoms with Crippen molar-refractivity contribution in [2.75, 3.05) is 9.80 Å². The van der Waals surface area contributed by atoms with Crippen molar-refractivity contribution in [1.29, 1.82) is 0 Å². The lowest BCUT2D eigenvalue weighted by atomic mass is 9.65. The van der Waals surface area contributed by atoms with E-state index in [0.29, 0.717) is 0 Å². The van der Waals surface area contributed by atoms with Crippen LogP contribution in [0.4, 0.5) is 34.1 Å². The van der Waals surface area contributed by atoms with Gasteiger partial charge in [-0.15, -0.1) is 0 Å². The average molecular weight is 901 g/mol. The van der Waals surface area contributed by atoms with Crippen molar-refractivity contribution in [3.8, 4) is 22.3 Å². The minimum absolute atomic E-state index is 0.835. The molecule has 12 aromatic rings. The predicted molar refractivity (Wildman–Crippen MR) is 290 cm³/mol. The second-order valence-corrected chi connectivity index (χ2v) is 19.5. The summed E-state index contributed by atoms with van der Waals surface area (Å²) in [5.41, 5.74) is 24.2. The standard InChI is InChI=1S/C66H48N2O2/c1-39-31-33-42(4)54(35-39)67(52-27-15-9-19-41(52)3)56-37-51-63(65-60(56)47-24-12-17-29-58(47)70-65)62-50-38-57(64-61(62)48-25-13-18-30-59(48)69-64)68(55-36-40(2)32-34-43(55)5)53-28-16-11-23-46(53)45-22-10-14-26-49(45)66(50,51)44-20-7-6-8-21-44/h6-38H,1-5H3. The first-order valence-electron chi connectivity index (χ1n) is 24.3. The molecule has 1 aliphatic carbocycles. The summed E-state index contributed by atoms with van der Waals surface area (Å²) in [5.74, 6) is 0. The van der Waals surface area contributed by atoms with E-state index in [2.05, 4.69) is 245 Å². The van der Waals surface area contributed by atoms with Gasteiger partial charge in [-0.1, -0.05) is 152 Å². The van der Waals surface area contributed by atoms with Crippen LogP contribution in [-0.2, 0) is 5.41 Å². The quantitative estimate of drug-likeness (QED) is 0.172. The van der Waals surface area contributed by atoms with Gasteiger partial charge in [-0.05, 0) is 139 Å². The molecular formula is C66H48N2O2. The van der Waals surface area contributed by atoms with Crippen molar-refractivity contribution >= 4 is 78.0 Å². The Morgan fingerprint density at radius 2 is 0.986 bits per heavy atom. The molecule has 0 amide bonds. The molecule has 0 fully saturated rings. The summed E-state index contributed by atoms with van der Waals surface area (Å²) in [4.78, 5) is 4.99. The van der Waals surface area contributed by atoms with Crippen LogP contribution in [0, 0.1) is 34.6 Å². The van der Waals surface area contributed by atoms with Crippen molar-refractivity contribution in [2.24, 2.45) is 0 Å². The van der Waals surface area contributed by atoms with Gasteiger partial charge in [0.1, 0.15) is 16.7 Å². The molecule has 2 aromatic heterocycles.